The highest BCUT2D eigenvalue weighted by atomic mass is 35.5. The Morgan fingerprint density at radius 3 is 2.92 bits per heavy atom. The summed E-state index contributed by atoms with van der Waals surface area (Å²) in [5.41, 5.74) is 0.273. The Labute approximate surface area is 72.2 Å². The Morgan fingerprint density at radius 1 is 1.25 bits per heavy atom. The highest BCUT2D eigenvalue weighted by Gasteiger charge is 2.02. The molecule has 0 spiro atoms. The molecule has 5 heteroatoms. The van der Waals surface area contributed by atoms with Gasteiger partial charge in [-0.15, -0.1) is 0 Å². The van der Waals surface area contributed by atoms with E-state index in [2.05, 4.69) is 15.0 Å². The van der Waals surface area contributed by atoms with E-state index in [1.807, 2.05) is 0 Å². The van der Waals surface area contributed by atoms with Crippen LogP contribution in [0.25, 0.3) is 11.0 Å². The molecular weight excluding hydrogens is 181 g/mol. The van der Waals surface area contributed by atoms with Crippen LogP contribution < -0.4 is 0 Å². The number of nitrogens with zero attached hydrogens (tertiary/aromatic N) is 3. The molecule has 0 unspecified atom stereocenters. The zero-order chi connectivity index (χ0) is 8.55. The van der Waals surface area contributed by atoms with Gasteiger partial charge in [0.05, 0.1) is 5.39 Å². The first-order chi connectivity index (χ1) is 5.77. The minimum atomic E-state index is -0.572. The van der Waals surface area contributed by atoms with Crippen LogP contribution in [-0.2, 0) is 0 Å². The topological polar surface area (TPSA) is 38.7 Å². The lowest BCUT2D eigenvalue weighted by molar-refractivity contribution is 0.588. The van der Waals surface area contributed by atoms with E-state index in [9.17, 15) is 4.39 Å². The molecule has 2 aromatic heterocycles. The first-order valence-corrected chi connectivity index (χ1v) is 3.58. The third-order valence-electron chi connectivity index (χ3n) is 1.41. The van der Waals surface area contributed by atoms with Crippen LogP contribution >= 0.6 is 11.6 Å². The summed E-state index contributed by atoms with van der Waals surface area (Å²) < 4.78 is 12.6. The average molecular weight is 184 g/mol. The molecule has 0 radical (unpaired) electrons. The van der Waals surface area contributed by atoms with Gasteiger partial charge in [0.15, 0.2) is 5.65 Å². The summed E-state index contributed by atoms with van der Waals surface area (Å²) in [4.78, 5) is 11.0. The predicted molar refractivity (Wildman–Crippen MR) is 42.3 cm³/mol. The van der Waals surface area contributed by atoms with Crippen LogP contribution in [0.15, 0.2) is 18.5 Å². The molecule has 0 saturated heterocycles. The zero-order valence-corrected chi connectivity index (χ0v) is 6.59. The zero-order valence-electron chi connectivity index (χ0n) is 5.83. The first kappa shape index (κ1) is 7.36. The van der Waals surface area contributed by atoms with E-state index in [0.717, 1.165) is 0 Å². The number of pyridine rings is 1. The maximum Gasteiger partial charge on any atom is 0.214 e. The summed E-state index contributed by atoms with van der Waals surface area (Å²) in [6, 6.07) is 2.72. The SMILES string of the molecule is Fc1ccc2c(Cl)ncnc2n1. The Bertz CT molecular complexity index is 432. The van der Waals surface area contributed by atoms with Crippen molar-refractivity contribution >= 4 is 22.6 Å². The molecule has 0 aromatic carbocycles. The smallest absolute Gasteiger partial charge is 0.214 e. The number of fused-ring (bicyclic) bond motifs is 1. The summed E-state index contributed by atoms with van der Waals surface area (Å²) >= 11 is 5.70. The number of hydrogen-bond donors (Lipinski definition) is 0. The van der Waals surface area contributed by atoms with Gasteiger partial charge in [0, 0.05) is 0 Å². The van der Waals surface area contributed by atoms with Crippen LogP contribution in [0.2, 0.25) is 5.15 Å². The monoisotopic (exact) mass is 183 g/mol. The van der Waals surface area contributed by atoms with Gasteiger partial charge in [-0.2, -0.15) is 9.37 Å². The van der Waals surface area contributed by atoms with Gasteiger partial charge in [0.2, 0.25) is 5.95 Å². The van der Waals surface area contributed by atoms with Gasteiger partial charge in [-0.3, -0.25) is 0 Å². The van der Waals surface area contributed by atoms with Crippen molar-refractivity contribution in [2.45, 2.75) is 0 Å². The molecule has 60 valence electrons. The second-order valence-corrected chi connectivity index (χ2v) is 2.53. The molecular formula is C7H3ClFN3. The fourth-order valence-electron chi connectivity index (χ4n) is 0.889. The molecule has 2 heterocycles. The summed E-state index contributed by atoms with van der Waals surface area (Å²) in [5, 5.41) is 0.841. The van der Waals surface area contributed by atoms with Crippen molar-refractivity contribution in [2.24, 2.45) is 0 Å². The molecule has 0 aliphatic heterocycles. The van der Waals surface area contributed by atoms with Crippen molar-refractivity contribution in [3.63, 3.8) is 0 Å². The van der Waals surface area contributed by atoms with Crippen LogP contribution in [-0.4, -0.2) is 15.0 Å². The van der Waals surface area contributed by atoms with E-state index in [-0.39, 0.29) is 10.8 Å². The lowest BCUT2D eigenvalue weighted by Crippen LogP contribution is -1.89. The lowest BCUT2D eigenvalue weighted by Gasteiger charge is -1.95. The van der Waals surface area contributed by atoms with Crippen molar-refractivity contribution in [2.75, 3.05) is 0 Å². The molecule has 3 nitrogen and oxygen atoms in total. The highest BCUT2D eigenvalue weighted by molar-refractivity contribution is 6.33. The van der Waals surface area contributed by atoms with Crippen LogP contribution in [0.5, 0.6) is 0 Å². The largest absolute Gasteiger partial charge is 0.224 e. The van der Waals surface area contributed by atoms with Gasteiger partial charge < -0.3 is 0 Å². The summed E-state index contributed by atoms with van der Waals surface area (Å²) in [6.07, 6.45) is 1.25. The van der Waals surface area contributed by atoms with E-state index in [1.165, 1.54) is 18.5 Å². The second-order valence-electron chi connectivity index (χ2n) is 2.17. The molecule has 0 aliphatic carbocycles. The van der Waals surface area contributed by atoms with Gasteiger partial charge in [0.25, 0.3) is 0 Å². The highest BCUT2D eigenvalue weighted by Crippen LogP contribution is 2.16. The third-order valence-corrected chi connectivity index (χ3v) is 1.72. The van der Waals surface area contributed by atoms with E-state index < -0.39 is 5.95 Å². The molecule has 0 bridgehead atoms. The summed E-state index contributed by atoms with van der Waals surface area (Å²) in [7, 11) is 0. The van der Waals surface area contributed by atoms with Gasteiger partial charge >= 0.3 is 0 Å². The molecule has 0 fully saturated rings. The first-order valence-electron chi connectivity index (χ1n) is 3.20. The molecule has 12 heavy (non-hydrogen) atoms. The van der Waals surface area contributed by atoms with E-state index >= 15 is 0 Å². The Kier molecular flexibility index (Phi) is 1.62. The fraction of sp³-hybridized carbons (Fsp3) is 0. The van der Waals surface area contributed by atoms with Crippen LogP contribution in [0.4, 0.5) is 4.39 Å². The predicted octanol–water partition coefficient (Wildman–Crippen LogP) is 1.82. The Balaban J connectivity index is 2.86. The third kappa shape index (κ3) is 1.10. The average Bonchev–Trinajstić information content (AvgIpc) is 2.04. The van der Waals surface area contributed by atoms with Crippen molar-refractivity contribution in [3.8, 4) is 0 Å². The van der Waals surface area contributed by atoms with Gasteiger partial charge in [-0.1, -0.05) is 11.6 Å². The Hall–Kier alpha value is -1.29. The minimum Gasteiger partial charge on any atom is -0.224 e. The fourth-order valence-corrected chi connectivity index (χ4v) is 1.08. The van der Waals surface area contributed by atoms with Crippen molar-refractivity contribution < 1.29 is 4.39 Å². The van der Waals surface area contributed by atoms with Crippen LogP contribution in [0, 0.1) is 5.95 Å². The quantitative estimate of drug-likeness (QED) is 0.462. The molecule has 2 aromatic rings. The molecule has 0 amide bonds. The van der Waals surface area contributed by atoms with Crippen molar-refractivity contribution in [3.05, 3.63) is 29.6 Å². The number of halogens is 2. The van der Waals surface area contributed by atoms with E-state index in [1.54, 1.807) is 0 Å². The molecule has 0 aliphatic rings. The standard InChI is InChI=1S/C7H3ClFN3/c8-6-4-1-2-5(9)12-7(4)11-3-10-6/h1-3H. The van der Waals surface area contributed by atoms with Crippen molar-refractivity contribution in [1.29, 1.82) is 0 Å². The maximum atomic E-state index is 12.6. The normalized spacial score (nSPS) is 10.5. The van der Waals surface area contributed by atoms with E-state index in [0.29, 0.717) is 5.39 Å². The maximum absolute atomic E-state index is 12.6. The number of rotatable bonds is 0. The van der Waals surface area contributed by atoms with E-state index in [4.69, 9.17) is 11.6 Å². The number of hydrogen-bond acceptors (Lipinski definition) is 3. The summed E-state index contributed by atoms with van der Waals surface area (Å²) in [5.74, 6) is -0.572. The summed E-state index contributed by atoms with van der Waals surface area (Å²) in [6.45, 7) is 0. The molecule has 2 rings (SSSR count). The molecule has 0 N–H and O–H groups in total. The Morgan fingerprint density at radius 2 is 2.08 bits per heavy atom. The van der Waals surface area contributed by atoms with Gasteiger partial charge in [0.1, 0.15) is 11.5 Å². The van der Waals surface area contributed by atoms with Crippen molar-refractivity contribution in [1.82, 2.24) is 15.0 Å². The lowest BCUT2D eigenvalue weighted by atomic mass is 10.3. The van der Waals surface area contributed by atoms with Gasteiger partial charge in [-0.25, -0.2) is 9.97 Å². The number of aromatic nitrogens is 3. The van der Waals surface area contributed by atoms with Gasteiger partial charge in [-0.05, 0) is 12.1 Å². The molecule has 0 saturated carbocycles. The van der Waals surface area contributed by atoms with Crippen LogP contribution in [0.3, 0.4) is 0 Å². The van der Waals surface area contributed by atoms with Crippen LogP contribution in [0.1, 0.15) is 0 Å². The second kappa shape index (κ2) is 2.64. The molecule has 0 atom stereocenters. The minimum absolute atomic E-state index is 0.273.